The Morgan fingerprint density at radius 3 is 2.81 bits per heavy atom. The third kappa shape index (κ3) is 4.19. The van der Waals surface area contributed by atoms with Crippen molar-refractivity contribution in [3.8, 4) is 22.1 Å². The lowest BCUT2D eigenvalue weighted by atomic mass is 10.2. The zero-order chi connectivity index (χ0) is 15.1. The molecule has 0 saturated carbocycles. The lowest BCUT2D eigenvalue weighted by Crippen LogP contribution is -2.13. The van der Waals surface area contributed by atoms with E-state index in [1.807, 2.05) is 25.1 Å². The number of nitrogens with one attached hydrogen (secondary N) is 1. The fourth-order valence-electron chi connectivity index (χ4n) is 1.99. The van der Waals surface area contributed by atoms with Crippen LogP contribution in [-0.2, 0) is 6.54 Å². The number of hydrogen-bond donors (Lipinski definition) is 1. The highest BCUT2D eigenvalue weighted by Crippen LogP contribution is 2.33. The number of ether oxygens (including phenoxy) is 2. The van der Waals surface area contributed by atoms with Gasteiger partial charge < -0.3 is 14.8 Å². The predicted octanol–water partition coefficient (Wildman–Crippen LogP) is 3.72. The summed E-state index contributed by atoms with van der Waals surface area (Å²) in [4.78, 5) is 4.67. The maximum absolute atomic E-state index is 5.62. The van der Waals surface area contributed by atoms with Gasteiger partial charge in [-0.1, -0.05) is 6.92 Å². The van der Waals surface area contributed by atoms with Crippen LogP contribution in [0.1, 0.15) is 26.0 Å². The van der Waals surface area contributed by atoms with Crippen molar-refractivity contribution in [1.29, 1.82) is 0 Å². The number of rotatable bonds is 8. The Morgan fingerprint density at radius 1 is 1.24 bits per heavy atom. The van der Waals surface area contributed by atoms with Crippen LogP contribution in [0.15, 0.2) is 23.6 Å². The van der Waals surface area contributed by atoms with Gasteiger partial charge in [0.05, 0.1) is 19.4 Å². The molecule has 114 valence electrons. The summed E-state index contributed by atoms with van der Waals surface area (Å²) in [7, 11) is 1.65. The monoisotopic (exact) mass is 306 g/mol. The number of thiazole rings is 1. The molecule has 1 aromatic carbocycles. The number of methoxy groups -OCH3 is 1. The fourth-order valence-corrected chi connectivity index (χ4v) is 2.81. The van der Waals surface area contributed by atoms with Crippen molar-refractivity contribution in [2.75, 3.05) is 20.3 Å². The van der Waals surface area contributed by atoms with E-state index in [-0.39, 0.29) is 0 Å². The van der Waals surface area contributed by atoms with Gasteiger partial charge in [0.15, 0.2) is 11.5 Å². The SMILES string of the molecule is CCCNCc1csc(-c2ccc(OC)c(OCC)c2)n1. The van der Waals surface area contributed by atoms with Gasteiger partial charge in [0.25, 0.3) is 0 Å². The molecule has 4 nitrogen and oxygen atoms in total. The van der Waals surface area contributed by atoms with Gasteiger partial charge in [0.2, 0.25) is 0 Å². The lowest BCUT2D eigenvalue weighted by Gasteiger charge is -2.10. The van der Waals surface area contributed by atoms with Crippen LogP contribution < -0.4 is 14.8 Å². The van der Waals surface area contributed by atoms with E-state index in [0.717, 1.165) is 47.3 Å². The first kappa shape index (κ1) is 15.8. The molecule has 0 fully saturated rings. The van der Waals surface area contributed by atoms with Crippen molar-refractivity contribution in [3.05, 3.63) is 29.3 Å². The van der Waals surface area contributed by atoms with Crippen molar-refractivity contribution in [2.45, 2.75) is 26.8 Å². The molecule has 0 bridgehead atoms. The van der Waals surface area contributed by atoms with Crippen molar-refractivity contribution in [2.24, 2.45) is 0 Å². The second-order valence-electron chi connectivity index (χ2n) is 4.62. The molecule has 0 aliphatic carbocycles. The lowest BCUT2D eigenvalue weighted by molar-refractivity contribution is 0.311. The zero-order valence-corrected chi connectivity index (χ0v) is 13.6. The van der Waals surface area contributed by atoms with Crippen LogP contribution in [0.2, 0.25) is 0 Å². The van der Waals surface area contributed by atoms with E-state index in [1.165, 1.54) is 0 Å². The molecule has 1 N–H and O–H groups in total. The van der Waals surface area contributed by atoms with Crippen molar-refractivity contribution >= 4 is 11.3 Å². The average Bonchev–Trinajstić information content (AvgIpc) is 2.97. The largest absolute Gasteiger partial charge is 0.493 e. The third-order valence-electron chi connectivity index (χ3n) is 3.00. The maximum Gasteiger partial charge on any atom is 0.161 e. The van der Waals surface area contributed by atoms with Gasteiger partial charge in [-0.05, 0) is 38.1 Å². The standard InChI is InChI=1S/C16H22N2O2S/c1-4-8-17-10-13-11-21-16(18-13)12-6-7-14(19-3)15(9-12)20-5-2/h6-7,9,11,17H,4-5,8,10H2,1-3H3. The van der Waals surface area contributed by atoms with Gasteiger partial charge in [0, 0.05) is 17.5 Å². The Balaban J connectivity index is 2.15. The quantitative estimate of drug-likeness (QED) is 0.755. The van der Waals surface area contributed by atoms with Gasteiger partial charge in [-0.25, -0.2) is 4.98 Å². The minimum Gasteiger partial charge on any atom is -0.493 e. The molecule has 0 unspecified atom stereocenters. The number of aromatic nitrogens is 1. The Bertz CT molecular complexity index is 569. The highest BCUT2D eigenvalue weighted by molar-refractivity contribution is 7.13. The average molecular weight is 306 g/mol. The van der Waals surface area contributed by atoms with Crippen molar-refractivity contribution < 1.29 is 9.47 Å². The predicted molar refractivity (Wildman–Crippen MR) is 87.3 cm³/mol. The summed E-state index contributed by atoms with van der Waals surface area (Å²) in [6.07, 6.45) is 1.13. The van der Waals surface area contributed by atoms with Crippen LogP contribution in [-0.4, -0.2) is 25.2 Å². The van der Waals surface area contributed by atoms with Gasteiger partial charge in [-0.3, -0.25) is 0 Å². The fraction of sp³-hybridized carbons (Fsp3) is 0.438. The molecule has 5 heteroatoms. The normalized spacial score (nSPS) is 10.6. The Kier molecular flexibility index (Phi) is 6.02. The maximum atomic E-state index is 5.62. The summed E-state index contributed by atoms with van der Waals surface area (Å²) in [5, 5.41) is 6.47. The van der Waals surface area contributed by atoms with E-state index in [4.69, 9.17) is 9.47 Å². The molecule has 0 saturated heterocycles. The molecule has 2 aromatic rings. The first-order valence-corrected chi connectivity index (χ1v) is 8.12. The number of nitrogens with zero attached hydrogens (tertiary/aromatic N) is 1. The number of benzene rings is 1. The van der Waals surface area contributed by atoms with Gasteiger partial charge >= 0.3 is 0 Å². The summed E-state index contributed by atoms with van der Waals surface area (Å²) >= 11 is 1.65. The molecule has 0 aliphatic heterocycles. The summed E-state index contributed by atoms with van der Waals surface area (Å²) in [5.74, 6) is 1.51. The van der Waals surface area contributed by atoms with Crippen LogP contribution in [0.5, 0.6) is 11.5 Å². The molecule has 0 aliphatic rings. The zero-order valence-electron chi connectivity index (χ0n) is 12.8. The molecule has 0 spiro atoms. The molecule has 0 radical (unpaired) electrons. The smallest absolute Gasteiger partial charge is 0.161 e. The van der Waals surface area contributed by atoms with Crippen molar-refractivity contribution in [1.82, 2.24) is 10.3 Å². The van der Waals surface area contributed by atoms with E-state index in [0.29, 0.717) is 6.61 Å². The molecule has 21 heavy (non-hydrogen) atoms. The van der Waals surface area contributed by atoms with E-state index in [2.05, 4.69) is 22.6 Å². The Hall–Kier alpha value is -1.59. The summed E-state index contributed by atoms with van der Waals surface area (Å²) < 4.78 is 10.9. The molecule has 0 amide bonds. The van der Waals surface area contributed by atoms with Gasteiger partial charge in [-0.15, -0.1) is 11.3 Å². The van der Waals surface area contributed by atoms with Crippen molar-refractivity contribution in [3.63, 3.8) is 0 Å². The molecule has 2 rings (SSSR count). The first-order valence-electron chi connectivity index (χ1n) is 7.24. The second kappa shape index (κ2) is 8.00. The summed E-state index contributed by atoms with van der Waals surface area (Å²) in [6.45, 7) is 6.58. The van der Waals surface area contributed by atoms with Gasteiger partial charge in [-0.2, -0.15) is 0 Å². The summed E-state index contributed by atoms with van der Waals surface area (Å²) in [5.41, 5.74) is 2.14. The van der Waals surface area contributed by atoms with E-state index in [9.17, 15) is 0 Å². The minimum atomic E-state index is 0.615. The van der Waals surface area contributed by atoms with E-state index >= 15 is 0 Å². The second-order valence-corrected chi connectivity index (χ2v) is 5.48. The molecular weight excluding hydrogens is 284 g/mol. The summed E-state index contributed by atoms with van der Waals surface area (Å²) in [6, 6.07) is 5.94. The van der Waals surface area contributed by atoms with E-state index < -0.39 is 0 Å². The van der Waals surface area contributed by atoms with Crippen LogP contribution >= 0.6 is 11.3 Å². The Labute approximate surface area is 130 Å². The van der Waals surface area contributed by atoms with Crippen LogP contribution in [0, 0.1) is 0 Å². The van der Waals surface area contributed by atoms with Crippen LogP contribution in [0.3, 0.4) is 0 Å². The first-order chi connectivity index (χ1) is 10.3. The Morgan fingerprint density at radius 2 is 2.10 bits per heavy atom. The molecular formula is C16H22N2O2S. The van der Waals surface area contributed by atoms with Crippen LogP contribution in [0.4, 0.5) is 0 Å². The van der Waals surface area contributed by atoms with Gasteiger partial charge in [0.1, 0.15) is 5.01 Å². The van der Waals surface area contributed by atoms with E-state index in [1.54, 1.807) is 18.4 Å². The molecule has 1 heterocycles. The molecule has 0 atom stereocenters. The van der Waals surface area contributed by atoms with Crippen LogP contribution in [0.25, 0.3) is 10.6 Å². The minimum absolute atomic E-state index is 0.615. The highest BCUT2D eigenvalue weighted by atomic mass is 32.1. The third-order valence-corrected chi connectivity index (χ3v) is 3.94. The topological polar surface area (TPSA) is 43.4 Å². The molecule has 1 aromatic heterocycles. The number of hydrogen-bond acceptors (Lipinski definition) is 5. The highest BCUT2D eigenvalue weighted by Gasteiger charge is 2.09.